The highest BCUT2D eigenvalue weighted by Crippen LogP contribution is 2.33. The van der Waals surface area contributed by atoms with E-state index < -0.39 is 0 Å². The van der Waals surface area contributed by atoms with Gasteiger partial charge in [0.15, 0.2) is 0 Å². The van der Waals surface area contributed by atoms with Gasteiger partial charge >= 0.3 is 0 Å². The van der Waals surface area contributed by atoms with E-state index in [1.807, 2.05) is 6.08 Å². The molecule has 1 unspecified atom stereocenters. The monoisotopic (exact) mass is 253 g/mol. The van der Waals surface area contributed by atoms with Crippen molar-refractivity contribution in [3.05, 3.63) is 35.7 Å². The van der Waals surface area contributed by atoms with Crippen LogP contribution in [0, 0.1) is 0 Å². The highest BCUT2D eigenvalue weighted by molar-refractivity contribution is 7.95. The molecule has 5 heteroatoms. The van der Waals surface area contributed by atoms with E-state index in [2.05, 4.69) is 29.6 Å². The fraction of sp³-hybridized carbons (Fsp3) is 0.500. The molecule has 17 heavy (non-hydrogen) atoms. The molecule has 0 aromatic carbocycles. The van der Waals surface area contributed by atoms with Gasteiger partial charge in [-0.2, -0.15) is 4.47 Å². The van der Waals surface area contributed by atoms with Gasteiger partial charge in [0.05, 0.1) is 23.5 Å². The van der Waals surface area contributed by atoms with Crippen molar-refractivity contribution in [2.24, 2.45) is 0 Å². The number of allylic oxidation sites excluding steroid dienone is 2. The van der Waals surface area contributed by atoms with Crippen LogP contribution in [0.25, 0.3) is 0 Å². The number of hydrogen-bond donors (Lipinski definition) is 3. The maximum atomic E-state index is 9.80. The fourth-order valence-corrected chi connectivity index (χ4v) is 2.82. The van der Waals surface area contributed by atoms with Gasteiger partial charge in [0.25, 0.3) is 0 Å². The van der Waals surface area contributed by atoms with E-state index in [1.165, 1.54) is 22.2 Å². The van der Waals surface area contributed by atoms with Crippen molar-refractivity contribution in [2.75, 3.05) is 6.54 Å². The first-order chi connectivity index (χ1) is 8.24. The Hall–Kier alpha value is -0.910. The summed E-state index contributed by atoms with van der Waals surface area (Å²) in [5.74, 6) is 0. The third-order valence-electron chi connectivity index (χ3n) is 3.05. The summed E-state index contributed by atoms with van der Waals surface area (Å²) in [5.41, 5.74) is 3.25. The quantitative estimate of drug-likeness (QED) is 0.530. The van der Waals surface area contributed by atoms with Crippen molar-refractivity contribution in [1.82, 2.24) is 14.5 Å². The van der Waals surface area contributed by atoms with Gasteiger partial charge in [-0.3, -0.25) is 5.21 Å². The zero-order valence-electron chi connectivity index (χ0n) is 10.1. The van der Waals surface area contributed by atoms with E-state index in [1.54, 1.807) is 0 Å². The number of hydrogen-bond acceptors (Lipinski definition) is 5. The normalized spacial score (nSPS) is 24.7. The molecule has 0 amide bonds. The summed E-state index contributed by atoms with van der Waals surface area (Å²) in [6, 6.07) is 0.331. The summed E-state index contributed by atoms with van der Waals surface area (Å²) in [7, 11) is 0. The van der Waals surface area contributed by atoms with Crippen molar-refractivity contribution in [2.45, 2.75) is 32.2 Å². The van der Waals surface area contributed by atoms with Gasteiger partial charge in [-0.15, -0.1) is 6.58 Å². The van der Waals surface area contributed by atoms with Gasteiger partial charge in [-0.05, 0) is 38.3 Å². The van der Waals surface area contributed by atoms with E-state index in [4.69, 9.17) is 0 Å². The lowest BCUT2D eigenvalue weighted by molar-refractivity contribution is 0.0522. The van der Waals surface area contributed by atoms with Gasteiger partial charge in [-0.25, -0.2) is 0 Å². The first-order valence-electron chi connectivity index (χ1n) is 5.94. The Morgan fingerprint density at radius 2 is 2.53 bits per heavy atom. The summed E-state index contributed by atoms with van der Waals surface area (Å²) in [4.78, 5) is 0. The molecule has 4 nitrogen and oxygen atoms in total. The minimum absolute atomic E-state index is 0.331. The molecule has 0 radical (unpaired) electrons. The van der Waals surface area contributed by atoms with Crippen molar-refractivity contribution in [3.8, 4) is 0 Å². The second-order valence-corrected chi connectivity index (χ2v) is 4.97. The van der Waals surface area contributed by atoms with Crippen molar-refractivity contribution in [1.29, 1.82) is 0 Å². The average Bonchev–Trinajstić information content (AvgIpc) is 2.69. The molecule has 3 N–H and O–H groups in total. The Morgan fingerprint density at radius 3 is 3.24 bits per heavy atom. The molecule has 2 aliphatic rings. The summed E-state index contributed by atoms with van der Waals surface area (Å²) in [6.45, 7) is 6.89. The third kappa shape index (κ3) is 2.68. The Labute approximate surface area is 107 Å². The molecular formula is C12H19N3OS. The van der Waals surface area contributed by atoms with Crippen LogP contribution in [0.4, 0.5) is 0 Å². The topological polar surface area (TPSA) is 47.5 Å². The fourth-order valence-electron chi connectivity index (χ4n) is 2.12. The zero-order valence-corrected chi connectivity index (χ0v) is 10.9. The average molecular weight is 253 g/mol. The van der Waals surface area contributed by atoms with Gasteiger partial charge in [0.1, 0.15) is 0 Å². The van der Waals surface area contributed by atoms with Crippen LogP contribution in [-0.2, 0) is 0 Å². The highest BCUT2D eigenvalue weighted by Gasteiger charge is 2.27. The highest BCUT2D eigenvalue weighted by atomic mass is 32.2. The molecule has 0 fully saturated rings. The lowest BCUT2D eigenvalue weighted by Gasteiger charge is -2.23. The van der Waals surface area contributed by atoms with Gasteiger partial charge in [0.2, 0.25) is 0 Å². The minimum Gasteiger partial charge on any atom is -0.310 e. The molecule has 2 aliphatic heterocycles. The third-order valence-corrected chi connectivity index (χ3v) is 3.74. The van der Waals surface area contributed by atoms with E-state index in [-0.39, 0.29) is 0 Å². The van der Waals surface area contributed by atoms with Crippen molar-refractivity contribution >= 4 is 12.1 Å². The van der Waals surface area contributed by atoms with Crippen LogP contribution in [0.2, 0.25) is 0 Å². The maximum absolute atomic E-state index is 9.80. The van der Waals surface area contributed by atoms with Crippen LogP contribution in [0.15, 0.2) is 35.7 Å². The molecule has 2 heterocycles. The van der Waals surface area contributed by atoms with Crippen LogP contribution in [0.1, 0.15) is 26.2 Å². The molecule has 0 saturated heterocycles. The van der Waals surface area contributed by atoms with Gasteiger partial charge in [-0.1, -0.05) is 12.2 Å². The van der Waals surface area contributed by atoms with E-state index in [0.717, 1.165) is 37.2 Å². The van der Waals surface area contributed by atoms with E-state index in [9.17, 15) is 5.21 Å². The Kier molecular flexibility index (Phi) is 4.15. The van der Waals surface area contributed by atoms with E-state index >= 15 is 0 Å². The van der Waals surface area contributed by atoms with Crippen LogP contribution < -0.4 is 10.0 Å². The van der Waals surface area contributed by atoms with Gasteiger partial charge < -0.3 is 10.0 Å². The SMILES string of the molecule is C=CCCC1=C(C2=CCCNC2C)NSN1O. The first-order valence-corrected chi connectivity index (χ1v) is 6.71. The molecule has 0 saturated carbocycles. The predicted octanol–water partition coefficient (Wildman–Crippen LogP) is 2.33. The Morgan fingerprint density at radius 1 is 1.71 bits per heavy atom. The summed E-state index contributed by atoms with van der Waals surface area (Å²) < 4.78 is 4.42. The number of rotatable bonds is 4. The van der Waals surface area contributed by atoms with Crippen molar-refractivity contribution < 1.29 is 5.21 Å². The zero-order chi connectivity index (χ0) is 12.3. The summed E-state index contributed by atoms with van der Waals surface area (Å²) in [6.07, 6.45) is 6.83. The van der Waals surface area contributed by atoms with Crippen LogP contribution >= 0.6 is 12.1 Å². The molecular weight excluding hydrogens is 234 g/mol. The number of nitrogens with zero attached hydrogens (tertiary/aromatic N) is 1. The molecule has 0 spiro atoms. The second kappa shape index (κ2) is 5.62. The summed E-state index contributed by atoms with van der Waals surface area (Å²) in [5, 5.41) is 13.2. The molecule has 0 bridgehead atoms. The minimum atomic E-state index is 0.331. The molecule has 0 aliphatic carbocycles. The molecule has 0 aromatic heterocycles. The lowest BCUT2D eigenvalue weighted by atomic mass is 9.98. The summed E-state index contributed by atoms with van der Waals surface area (Å²) >= 11 is 1.22. The molecule has 94 valence electrons. The number of nitrogens with one attached hydrogen (secondary N) is 2. The van der Waals surface area contributed by atoms with Crippen LogP contribution in [-0.4, -0.2) is 22.3 Å². The smallest absolute Gasteiger partial charge is 0.0950 e. The molecule has 1 atom stereocenters. The predicted molar refractivity (Wildman–Crippen MR) is 71.0 cm³/mol. The van der Waals surface area contributed by atoms with Crippen LogP contribution in [0.5, 0.6) is 0 Å². The molecule has 0 aromatic rings. The Bertz CT molecular complexity index is 365. The first kappa shape index (κ1) is 12.5. The van der Waals surface area contributed by atoms with E-state index in [0.29, 0.717) is 6.04 Å². The van der Waals surface area contributed by atoms with Crippen LogP contribution in [0.3, 0.4) is 0 Å². The molecule has 2 rings (SSSR count). The maximum Gasteiger partial charge on any atom is 0.0950 e. The van der Waals surface area contributed by atoms with Crippen molar-refractivity contribution in [3.63, 3.8) is 0 Å². The van der Waals surface area contributed by atoms with Gasteiger partial charge in [0, 0.05) is 6.04 Å². The largest absolute Gasteiger partial charge is 0.310 e. The standard InChI is InChI=1S/C12H19N3OS/c1-3-4-7-11-12(14-17-15(11)16)10-6-5-8-13-9(10)2/h3,6,9,13-14,16H,1,4-5,7-8H2,2H3. The number of hydroxylamine groups is 1. The Balaban J connectivity index is 2.23. The second-order valence-electron chi connectivity index (χ2n) is 4.24. The lowest BCUT2D eigenvalue weighted by Crippen LogP contribution is -2.34.